The maximum atomic E-state index is 13.9. The molecule has 0 unspecified atom stereocenters. The van der Waals surface area contributed by atoms with Gasteiger partial charge in [-0.05, 0) is 44.2 Å². The summed E-state index contributed by atoms with van der Waals surface area (Å²) in [4.78, 5) is 18.4. The van der Waals surface area contributed by atoms with Gasteiger partial charge in [-0.25, -0.2) is 4.39 Å². The van der Waals surface area contributed by atoms with E-state index in [1.54, 1.807) is 19.2 Å². The van der Waals surface area contributed by atoms with Gasteiger partial charge >= 0.3 is 0 Å². The topological polar surface area (TPSA) is 56.7 Å². The number of piperidine rings is 1. The van der Waals surface area contributed by atoms with Crippen LogP contribution in [-0.2, 0) is 11.2 Å². The number of carbonyl (C=O) groups excluding carboxylic acids is 1. The fraction of sp³-hybridized carbons (Fsp3) is 0.579. The molecule has 0 bridgehead atoms. The van der Waals surface area contributed by atoms with Crippen LogP contribution in [0.4, 0.5) is 4.39 Å². The minimum Gasteiger partial charge on any atom is -0.359 e. The van der Waals surface area contributed by atoms with Gasteiger partial charge in [-0.1, -0.05) is 17.7 Å². The number of rotatable bonds is 6. The second-order valence-corrected chi connectivity index (χ2v) is 6.90. The summed E-state index contributed by atoms with van der Waals surface area (Å²) in [6.07, 6.45) is 2.99. The largest absolute Gasteiger partial charge is 0.359 e. The number of carbonyl (C=O) groups is 1. The molecule has 1 aromatic carbocycles. The lowest BCUT2D eigenvalue weighted by Gasteiger charge is -2.34. The summed E-state index contributed by atoms with van der Waals surface area (Å²) < 4.78 is 13.9. The van der Waals surface area contributed by atoms with Crippen LogP contribution in [0.1, 0.15) is 31.7 Å². The maximum Gasteiger partial charge on any atom is 0.220 e. The van der Waals surface area contributed by atoms with Gasteiger partial charge in [0, 0.05) is 50.2 Å². The van der Waals surface area contributed by atoms with Crippen molar-refractivity contribution in [3.63, 3.8) is 0 Å². The lowest BCUT2D eigenvalue weighted by atomic mass is 9.93. The molecule has 1 aliphatic heterocycles. The number of hydrogen-bond donors (Lipinski definition) is 2. The molecule has 27 heavy (non-hydrogen) atoms. The van der Waals surface area contributed by atoms with Gasteiger partial charge < -0.3 is 15.5 Å². The normalized spacial score (nSPS) is 15.3. The van der Waals surface area contributed by atoms with Crippen LogP contribution in [0.3, 0.4) is 0 Å². The van der Waals surface area contributed by atoms with Crippen molar-refractivity contribution in [2.24, 2.45) is 10.9 Å². The number of benzene rings is 1. The Kier molecular flexibility index (Phi) is 11.0. The first-order chi connectivity index (χ1) is 12.5. The molecule has 152 valence electrons. The van der Waals surface area contributed by atoms with Crippen LogP contribution < -0.4 is 10.6 Å². The molecule has 1 fully saturated rings. The highest BCUT2D eigenvalue weighted by Gasteiger charge is 2.23. The van der Waals surface area contributed by atoms with E-state index in [-0.39, 0.29) is 35.7 Å². The van der Waals surface area contributed by atoms with Crippen LogP contribution in [0.5, 0.6) is 0 Å². The predicted molar refractivity (Wildman–Crippen MR) is 119 cm³/mol. The number of likely N-dealkylation sites (tertiary alicyclic amines) is 1. The zero-order chi connectivity index (χ0) is 18.9. The molecule has 1 heterocycles. The van der Waals surface area contributed by atoms with Gasteiger partial charge in [0.25, 0.3) is 0 Å². The number of amides is 1. The first-order valence-corrected chi connectivity index (χ1v) is 9.59. The fourth-order valence-electron chi connectivity index (χ4n) is 3.18. The molecule has 0 spiro atoms. The molecule has 5 nitrogen and oxygen atoms in total. The highest BCUT2D eigenvalue weighted by Crippen LogP contribution is 2.21. The summed E-state index contributed by atoms with van der Waals surface area (Å²) in [5.41, 5.74) is 0.512. The van der Waals surface area contributed by atoms with E-state index < -0.39 is 0 Å². The van der Waals surface area contributed by atoms with Crippen LogP contribution in [0.15, 0.2) is 23.2 Å². The second kappa shape index (κ2) is 12.4. The molecular weight excluding hydrogens is 482 g/mol. The molecule has 0 aliphatic carbocycles. The average molecular weight is 511 g/mol. The number of nitrogens with zero attached hydrogens (tertiary/aromatic N) is 2. The van der Waals surface area contributed by atoms with E-state index in [2.05, 4.69) is 20.5 Å². The van der Waals surface area contributed by atoms with Crippen molar-refractivity contribution in [1.29, 1.82) is 0 Å². The molecule has 2 N–H and O–H groups in total. The summed E-state index contributed by atoms with van der Waals surface area (Å²) >= 11 is 6.08. The molecule has 1 amide bonds. The zero-order valence-electron chi connectivity index (χ0n) is 15.9. The van der Waals surface area contributed by atoms with Gasteiger partial charge in [-0.2, -0.15) is 0 Å². The van der Waals surface area contributed by atoms with E-state index in [0.29, 0.717) is 35.9 Å². The molecule has 0 atom stereocenters. The van der Waals surface area contributed by atoms with Gasteiger partial charge in [0.15, 0.2) is 5.96 Å². The molecular formula is C19H29ClFIN4O. The van der Waals surface area contributed by atoms with E-state index in [0.717, 1.165) is 38.4 Å². The Morgan fingerprint density at radius 1 is 1.37 bits per heavy atom. The Labute approximate surface area is 183 Å². The van der Waals surface area contributed by atoms with Crippen molar-refractivity contribution in [1.82, 2.24) is 15.5 Å². The predicted octanol–water partition coefficient (Wildman–Crippen LogP) is 3.45. The van der Waals surface area contributed by atoms with Gasteiger partial charge in [-0.3, -0.25) is 9.79 Å². The molecule has 2 rings (SSSR count). The second-order valence-electron chi connectivity index (χ2n) is 6.49. The van der Waals surface area contributed by atoms with Crippen molar-refractivity contribution >= 4 is 47.4 Å². The third kappa shape index (κ3) is 7.44. The third-order valence-electron chi connectivity index (χ3n) is 4.69. The Balaban J connectivity index is 0.00000364. The number of hydrogen-bond acceptors (Lipinski definition) is 2. The van der Waals surface area contributed by atoms with Gasteiger partial charge in [0.1, 0.15) is 5.82 Å². The van der Waals surface area contributed by atoms with Crippen molar-refractivity contribution in [3.8, 4) is 0 Å². The lowest BCUT2D eigenvalue weighted by molar-refractivity contribution is -0.121. The van der Waals surface area contributed by atoms with Crippen molar-refractivity contribution in [3.05, 3.63) is 34.6 Å². The summed E-state index contributed by atoms with van der Waals surface area (Å²) in [6.45, 7) is 5.02. The molecule has 0 saturated carbocycles. The summed E-state index contributed by atoms with van der Waals surface area (Å²) in [5.74, 6) is 1.09. The number of aliphatic imine (C=N–C) groups is 1. The number of halogens is 3. The van der Waals surface area contributed by atoms with Crippen LogP contribution in [0.25, 0.3) is 0 Å². The van der Waals surface area contributed by atoms with E-state index in [1.165, 1.54) is 6.07 Å². The SMILES string of the molecule is CCNC(=NCCc1c(F)cccc1Cl)N1CCC(CC(=O)NC)CC1.I. The quantitative estimate of drug-likeness (QED) is 0.350. The zero-order valence-corrected chi connectivity index (χ0v) is 19.0. The lowest BCUT2D eigenvalue weighted by Crippen LogP contribution is -2.46. The average Bonchev–Trinajstić information content (AvgIpc) is 2.64. The maximum absolute atomic E-state index is 13.9. The monoisotopic (exact) mass is 510 g/mol. The summed E-state index contributed by atoms with van der Waals surface area (Å²) in [7, 11) is 1.68. The van der Waals surface area contributed by atoms with E-state index in [4.69, 9.17) is 11.6 Å². The first kappa shape index (κ1) is 23.9. The minimum atomic E-state index is -0.285. The standard InChI is InChI=1S/C19H28ClFN4O.HI/c1-3-23-19(24-10-7-15-16(20)5-4-6-17(15)21)25-11-8-14(9-12-25)13-18(26)22-2;/h4-6,14H,3,7-13H2,1-2H3,(H,22,26)(H,23,24);1H. The smallest absolute Gasteiger partial charge is 0.220 e. The molecule has 1 aromatic rings. The van der Waals surface area contributed by atoms with Crippen molar-refractivity contribution in [2.45, 2.75) is 32.6 Å². The van der Waals surface area contributed by atoms with Crippen LogP contribution in [0.2, 0.25) is 5.02 Å². The third-order valence-corrected chi connectivity index (χ3v) is 5.04. The Hall–Kier alpha value is -1.09. The Bertz CT molecular complexity index is 616. The molecule has 0 radical (unpaired) electrons. The van der Waals surface area contributed by atoms with Gasteiger partial charge in [0.2, 0.25) is 5.91 Å². The van der Waals surface area contributed by atoms with Crippen LogP contribution in [0, 0.1) is 11.7 Å². The first-order valence-electron chi connectivity index (χ1n) is 9.21. The summed E-state index contributed by atoms with van der Waals surface area (Å²) in [6, 6.07) is 4.73. The van der Waals surface area contributed by atoms with E-state index in [1.807, 2.05) is 6.92 Å². The molecule has 1 aliphatic rings. The van der Waals surface area contributed by atoms with Crippen molar-refractivity contribution in [2.75, 3.05) is 33.2 Å². The van der Waals surface area contributed by atoms with Crippen molar-refractivity contribution < 1.29 is 9.18 Å². The fourth-order valence-corrected chi connectivity index (χ4v) is 3.44. The number of nitrogens with one attached hydrogen (secondary N) is 2. The highest BCUT2D eigenvalue weighted by atomic mass is 127. The number of guanidine groups is 1. The van der Waals surface area contributed by atoms with Crippen LogP contribution >= 0.6 is 35.6 Å². The summed E-state index contributed by atoms with van der Waals surface area (Å²) in [5, 5.41) is 6.44. The molecule has 8 heteroatoms. The van der Waals surface area contributed by atoms with Gasteiger partial charge in [0.05, 0.1) is 0 Å². The van der Waals surface area contributed by atoms with Gasteiger partial charge in [-0.15, -0.1) is 24.0 Å². The minimum absolute atomic E-state index is 0. The van der Waals surface area contributed by atoms with E-state index >= 15 is 0 Å². The van der Waals surface area contributed by atoms with E-state index in [9.17, 15) is 9.18 Å². The van der Waals surface area contributed by atoms with Crippen LogP contribution in [-0.4, -0.2) is 50.0 Å². The molecule has 0 aromatic heterocycles. The Morgan fingerprint density at radius 3 is 2.67 bits per heavy atom. The highest BCUT2D eigenvalue weighted by molar-refractivity contribution is 14.0. The Morgan fingerprint density at radius 2 is 2.07 bits per heavy atom. The molecule has 1 saturated heterocycles.